The molecule has 0 aromatic carbocycles. The first-order valence-corrected chi connectivity index (χ1v) is 5.59. The normalized spacial score (nSPS) is 10.3. The van der Waals surface area contributed by atoms with Gasteiger partial charge in [-0.3, -0.25) is 0 Å². The number of nitrogens with one attached hydrogen (secondary N) is 1. The van der Waals surface area contributed by atoms with Crippen LogP contribution in [0.3, 0.4) is 0 Å². The summed E-state index contributed by atoms with van der Waals surface area (Å²) in [4.78, 5) is 7.93. The smallest absolute Gasteiger partial charge is 0.221 e. The molecule has 0 fully saturated rings. The Hall–Kier alpha value is -1.56. The van der Waals surface area contributed by atoms with Crippen LogP contribution in [0.25, 0.3) is 0 Å². The first-order valence-electron chi connectivity index (χ1n) is 4.80. The van der Waals surface area contributed by atoms with Crippen molar-refractivity contribution in [1.82, 2.24) is 9.97 Å². The Morgan fingerprint density at radius 2 is 2.38 bits per heavy atom. The Morgan fingerprint density at radius 3 is 3.12 bits per heavy atom. The molecule has 0 amide bonds. The van der Waals surface area contributed by atoms with Gasteiger partial charge in [0.15, 0.2) is 0 Å². The first kappa shape index (κ1) is 10.9. The van der Waals surface area contributed by atoms with E-state index in [0.717, 1.165) is 23.2 Å². The molecular formula is C10H11BrN4O. The Bertz CT molecular complexity index is 458. The molecule has 2 aromatic heterocycles. The van der Waals surface area contributed by atoms with E-state index >= 15 is 0 Å². The van der Waals surface area contributed by atoms with Crippen molar-refractivity contribution in [3.05, 3.63) is 34.8 Å². The van der Waals surface area contributed by atoms with Crippen LogP contribution in [0.1, 0.15) is 5.76 Å². The fourth-order valence-corrected chi connectivity index (χ4v) is 1.59. The molecule has 0 spiro atoms. The van der Waals surface area contributed by atoms with Crippen molar-refractivity contribution >= 4 is 27.7 Å². The van der Waals surface area contributed by atoms with Gasteiger partial charge in [-0.2, -0.15) is 4.98 Å². The number of anilines is 2. The third-order valence-electron chi connectivity index (χ3n) is 2.01. The van der Waals surface area contributed by atoms with Gasteiger partial charge < -0.3 is 15.5 Å². The van der Waals surface area contributed by atoms with Crippen LogP contribution in [0.5, 0.6) is 0 Å². The van der Waals surface area contributed by atoms with E-state index in [1.165, 1.54) is 0 Å². The summed E-state index contributed by atoms with van der Waals surface area (Å²) in [7, 11) is 0. The van der Waals surface area contributed by atoms with Gasteiger partial charge in [-0.15, -0.1) is 0 Å². The number of halogens is 1. The van der Waals surface area contributed by atoms with Crippen molar-refractivity contribution in [1.29, 1.82) is 0 Å². The fraction of sp³-hybridized carbons (Fsp3) is 0.200. The Kier molecular flexibility index (Phi) is 3.40. The van der Waals surface area contributed by atoms with Crippen LogP contribution in [-0.4, -0.2) is 16.5 Å². The standard InChI is InChI=1S/C10H11BrN4O/c11-8-6-14-10(12)15-9(8)13-4-3-7-2-1-5-16-7/h1-2,5-6H,3-4H2,(H3,12,13,14,15). The number of nitrogens with two attached hydrogens (primary N) is 1. The second-order valence-electron chi connectivity index (χ2n) is 3.18. The molecule has 2 rings (SSSR count). The molecule has 16 heavy (non-hydrogen) atoms. The number of nitrogen functional groups attached to an aromatic ring is 1. The summed E-state index contributed by atoms with van der Waals surface area (Å²) in [6.45, 7) is 0.725. The molecule has 2 aromatic rings. The lowest BCUT2D eigenvalue weighted by Gasteiger charge is -2.06. The van der Waals surface area contributed by atoms with E-state index in [1.54, 1.807) is 12.5 Å². The van der Waals surface area contributed by atoms with Crippen molar-refractivity contribution < 1.29 is 4.42 Å². The van der Waals surface area contributed by atoms with Gasteiger partial charge in [-0.1, -0.05) is 0 Å². The summed E-state index contributed by atoms with van der Waals surface area (Å²) >= 11 is 3.34. The second kappa shape index (κ2) is 4.98. The third kappa shape index (κ3) is 2.73. The minimum absolute atomic E-state index is 0.253. The predicted octanol–water partition coefficient (Wildman–Crippen LogP) is 2.07. The largest absolute Gasteiger partial charge is 0.469 e. The monoisotopic (exact) mass is 282 g/mol. The Balaban J connectivity index is 1.92. The molecule has 0 saturated carbocycles. The van der Waals surface area contributed by atoms with Crippen molar-refractivity contribution in [3.8, 4) is 0 Å². The molecule has 0 aliphatic carbocycles. The van der Waals surface area contributed by atoms with Crippen LogP contribution >= 0.6 is 15.9 Å². The van der Waals surface area contributed by atoms with E-state index in [0.29, 0.717) is 5.82 Å². The van der Waals surface area contributed by atoms with Crippen molar-refractivity contribution in [2.45, 2.75) is 6.42 Å². The zero-order chi connectivity index (χ0) is 11.4. The maximum absolute atomic E-state index is 5.49. The highest BCUT2D eigenvalue weighted by Gasteiger charge is 2.03. The minimum atomic E-state index is 0.253. The van der Waals surface area contributed by atoms with Gasteiger partial charge in [0.25, 0.3) is 0 Å². The molecule has 0 bridgehead atoms. The van der Waals surface area contributed by atoms with Crippen LogP contribution in [0.2, 0.25) is 0 Å². The van der Waals surface area contributed by atoms with E-state index in [1.807, 2.05) is 12.1 Å². The Morgan fingerprint density at radius 1 is 1.50 bits per heavy atom. The molecule has 3 N–H and O–H groups in total. The average molecular weight is 283 g/mol. The summed E-state index contributed by atoms with van der Waals surface area (Å²) in [6.07, 6.45) is 4.08. The number of nitrogens with zero attached hydrogens (tertiary/aromatic N) is 2. The zero-order valence-corrected chi connectivity index (χ0v) is 10.1. The highest BCUT2D eigenvalue weighted by Crippen LogP contribution is 2.18. The van der Waals surface area contributed by atoms with Crippen LogP contribution < -0.4 is 11.1 Å². The zero-order valence-electron chi connectivity index (χ0n) is 8.48. The summed E-state index contributed by atoms with van der Waals surface area (Å²) in [5.74, 6) is 1.88. The molecule has 0 aliphatic rings. The van der Waals surface area contributed by atoms with Crippen molar-refractivity contribution in [2.75, 3.05) is 17.6 Å². The van der Waals surface area contributed by atoms with Gasteiger partial charge in [-0.05, 0) is 28.1 Å². The highest BCUT2D eigenvalue weighted by molar-refractivity contribution is 9.10. The molecule has 0 radical (unpaired) electrons. The third-order valence-corrected chi connectivity index (χ3v) is 2.59. The van der Waals surface area contributed by atoms with E-state index in [4.69, 9.17) is 10.2 Å². The molecule has 0 aliphatic heterocycles. The van der Waals surface area contributed by atoms with E-state index in [-0.39, 0.29) is 5.95 Å². The molecule has 84 valence electrons. The van der Waals surface area contributed by atoms with E-state index in [9.17, 15) is 0 Å². The predicted molar refractivity (Wildman–Crippen MR) is 65.0 cm³/mol. The number of hydrogen-bond acceptors (Lipinski definition) is 5. The molecule has 2 heterocycles. The lowest BCUT2D eigenvalue weighted by molar-refractivity contribution is 0.513. The summed E-state index contributed by atoms with van der Waals surface area (Å²) in [6, 6.07) is 3.80. The average Bonchev–Trinajstić information content (AvgIpc) is 2.76. The number of aromatic nitrogens is 2. The van der Waals surface area contributed by atoms with Gasteiger partial charge >= 0.3 is 0 Å². The van der Waals surface area contributed by atoms with Crippen LogP contribution in [0, 0.1) is 0 Å². The first-order chi connectivity index (χ1) is 7.75. The maximum Gasteiger partial charge on any atom is 0.221 e. The topological polar surface area (TPSA) is 77.0 Å². The number of hydrogen-bond donors (Lipinski definition) is 2. The Labute approximate surface area is 101 Å². The summed E-state index contributed by atoms with van der Waals surface area (Å²) in [5, 5.41) is 3.15. The van der Waals surface area contributed by atoms with Crippen molar-refractivity contribution in [2.24, 2.45) is 0 Å². The summed E-state index contributed by atoms with van der Waals surface area (Å²) < 4.78 is 6.01. The molecular weight excluding hydrogens is 272 g/mol. The quantitative estimate of drug-likeness (QED) is 0.898. The van der Waals surface area contributed by atoms with E-state index < -0.39 is 0 Å². The fourth-order valence-electron chi connectivity index (χ4n) is 1.26. The molecule has 0 atom stereocenters. The molecule has 0 unspecified atom stereocenters. The molecule has 0 saturated heterocycles. The van der Waals surface area contributed by atoms with Gasteiger partial charge in [-0.25, -0.2) is 4.98 Å². The minimum Gasteiger partial charge on any atom is -0.469 e. The van der Waals surface area contributed by atoms with Gasteiger partial charge in [0, 0.05) is 19.2 Å². The van der Waals surface area contributed by atoms with Gasteiger partial charge in [0.05, 0.1) is 10.7 Å². The second-order valence-corrected chi connectivity index (χ2v) is 4.04. The summed E-state index contributed by atoms with van der Waals surface area (Å²) in [5.41, 5.74) is 5.49. The molecule has 5 nitrogen and oxygen atoms in total. The molecule has 6 heteroatoms. The number of rotatable bonds is 4. The lowest BCUT2D eigenvalue weighted by atomic mass is 10.3. The van der Waals surface area contributed by atoms with Gasteiger partial charge in [0.1, 0.15) is 11.6 Å². The van der Waals surface area contributed by atoms with Crippen LogP contribution in [0.15, 0.2) is 33.5 Å². The highest BCUT2D eigenvalue weighted by atomic mass is 79.9. The SMILES string of the molecule is Nc1ncc(Br)c(NCCc2ccco2)n1. The van der Waals surface area contributed by atoms with Crippen LogP contribution in [0.4, 0.5) is 11.8 Å². The van der Waals surface area contributed by atoms with Crippen LogP contribution in [-0.2, 0) is 6.42 Å². The van der Waals surface area contributed by atoms with E-state index in [2.05, 4.69) is 31.2 Å². The maximum atomic E-state index is 5.49. The van der Waals surface area contributed by atoms with Crippen molar-refractivity contribution in [3.63, 3.8) is 0 Å². The van der Waals surface area contributed by atoms with Gasteiger partial charge in [0.2, 0.25) is 5.95 Å². The number of furan rings is 1. The lowest BCUT2D eigenvalue weighted by Crippen LogP contribution is -2.08.